The van der Waals surface area contributed by atoms with Crippen LogP contribution >= 0.6 is 15.9 Å². The molecule has 1 aromatic carbocycles. The highest BCUT2D eigenvalue weighted by molar-refractivity contribution is 9.10. The van der Waals surface area contributed by atoms with Gasteiger partial charge < -0.3 is 10.1 Å². The van der Waals surface area contributed by atoms with Crippen molar-refractivity contribution in [3.63, 3.8) is 0 Å². The molecule has 1 saturated carbocycles. The smallest absolute Gasteiger partial charge is 0.408 e. The van der Waals surface area contributed by atoms with Crippen LogP contribution in [-0.4, -0.2) is 17.2 Å². The molecule has 3 nitrogen and oxygen atoms in total. The van der Waals surface area contributed by atoms with E-state index in [1.807, 2.05) is 32.9 Å². The van der Waals surface area contributed by atoms with E-state index in [0.717, 1.165) is 17.3 Å². The Hall–Kier alpha value is -1.03. The van der Waals surface area contributed by atoms with Crippen molar-refractivity contribution in [3.05, 3.63) is 34.3 Å². The molecule has 4 heteroatoms. The lowest BCUT2D eigenvalue weighted by atomic mass is 10.0. The van der Waals surface area contributed by atoms with Crippen LogP contribution in [0.2, 0.25) is 0 Å². The van der Waals surface area contributed by atoms with Gasteiger partial charge in [0.2, 0.25) is 0 Å². The molecule has 0 aliphatic heterocycles. The third-order valence-electron chi connectivity index (χ3n) is 3.73. The summed E-state index contributed by atoms with van der Waals surface area (Å²) in [7, 11) is 0. The summed E-state index contributed by atoms with van der Waals surface area (Å²) in [6, 6.07) is 8.31. The number of amides is 1. The summed E-state index contributed by atoms with van der Waals surface area (Å²) in [6.45, 7) is 7.75. The van der Waals surface area contributed by atoms with E-state index in [1.54, 1.807) is 0 Å². The standard InChI is InChI=1S/C16H22BrNO2/c1-5-16(18-14(19)20-15(2,3)4)10-13(16)11-6-8-12(17)9-7-11/h6-9,13H,5,10H2,1-4H3,(H,18,19)/t13-,16+/m0/s1. The van der Waals surface area contributed by atoms with E-state index in [4.69, 9.17) is 4.74 Å². The van der Waals surface area contributed by atoms with Crippen molar-refractivity contribution in [2.45, 2.75) is 57.6 Å². The van der Waals surface area contributed by atoms with E-state index < -0.39 is 5.60 Å². The van der Waals surface area contributed by atoms with Crippen molar-refractivity contribution in [3.8, 4) is 0 Å². The molecular weight excluding hydrogens is 318 g/mol. The zero-order chi connectivity index (χ0) is 15.0. The molecule has 0 aromatic heterocycles. The number of hydrogen-bond donors (Lipinski definition) is 1. The number of rotatable bonds is 3. The van der Waals surface area contributed by atoms with Crippen LogP contribution in [0.15, 0.2) is 28.7 Å². The Kier molecular flexibility index (Phi) is 4.14. The Morgan fingerprint density at radius 2 is 2.00 bits per heavy atom. The number of carbonyl (C=O) groups is 1. The predicted octanol–water partition coefficient (Wildman–Crippen LogP) is 4.61. The molecule has 1 N–H and O–H groups in total. The normalized spacial score (nSPS) is 25.1. The molecule has 2 rings (SSSR count). The van der Waals surface area contributed by atoms with E-state index >= 15 is 0 Å². The van der Waals surface area contributed by atoms with Gasteiger partial charge in [-0.25, -0.2) is 4.79 Å². The van der Waals surface area contributed by atoms with E-state index in [1.165, 1.54) is 5.56 Å². The Labute approximate surface area is 129 Å². The summed E-state index contributed by atoms with van der Waals surface area (Å²) in [5, 5.41) is 3.06. The van der Waals surface area contributed by atoms with Gasteiger partial charge in [-0.05, 0) is 51.3 Å². The number of carbonyl (C=O) groups excluding carboxylic acids is 1. The van der Waals surface area contributed by atoms with Crippen LogP contribution in [-0.2, 0) is 4.74 Å². The summed E-state index contributed by atoms with van der Waals surface area (Å²) in [5.41, 5.74) is 0.670. The molecular formula is C16H22BrNO2. The molecule has 110 valence electrons. The quantitative estimate of drug-likeness (QED) is 0.873. The molecule has 1 aromatic rings. The first kappa shape index (κ1) is 15.4. The van der Waals surface area contributed by atoms with Crippen LogP contribution in [0.1, 0.15) is 52.0 Å². The molecule has 1 amide bonds. The van der Waals surface area contributed by atoms with Crippen LogP contribution < -0.4 is 5.32 Å². The van der Waals surface area contributed by atoms with Gasteiger partial charge in [-0.3, -0.25) is 0 Å². The molecule has 1 fully saturated rings. The second kappa shape index (κ2) is 5.40. The number of nitrogens with one attached hydrogen (secondary N) is 1. The molecule has 1 aliphatic carbocycles. The van der Waals surface area contributed by atoms with Gasteiger partial charge in [-0.2, -0.15) is 0 Å². The maximum absolute atomic E-state index is 12.0. The SMILES string of the molecule is CC[C@@]1(NC(=O)OC(C)(C)C)C[C@H]1c1ccc(Br)cc1. The van der Waals surface area contributed by atoms with Gasteiger partial charge in [0.25, 0.3) is 0 Å². The Morgan fingerprint density at radius 3 is 2.50 bits per heavy atom. The summed E-state index contributed by atoms with van der Waals surface area (Å²) in [5.74, 6) is 0.383. The molecule has 0 spiro atoms. The van der Waals surface area contributed by atoms with Crippen molar-refractivity contribution >= 4 is 22.0 Å². The Bertz CT molecular complexity index is 492. The minimum atomic E-state index is -0.457. The second-order valence-electron chi connectivity index (χ2n) is 6.44. The van der Waals surface area contributed by atoms with E-state index in [-0.39, 0.29) is 11.6 Å². The minimum Gasteiger partial charge on any atom is -0.444 e. The lowest BCUT2D eigenvalue weighted by Gasteiger charge is -2.23. The molecule has 20 heavy (non-hydrogen) atoms. The lowest BCUT2D eigenvalue weighted by molar-refractivity contribution is 0.0493. The van der Waals surface area contributed by atoms with Gasteiger partial charge in [-0.1, -0.05) is 35.0 Å². The number of halogens is 1. The largest absolute Gasteiger partial charge is 0.444 e. The fraction of sp³-hybridized carbons (Fsp3) is 0.562. The molecule has 0 saturated heterocycles. The summed E-state index contributed by atoms with van der Waals surface area (Å²) in [6.07, 6.45) is 1.57. The minimum absolute atomic E-state index is 0.143. The van der Waals surface area contributed by atoms with Gasteiger partial charge >= 0.3 is 6.09 Å². The third kappa shape index (κ3) is 3.54. The van der Waals surface area contributed by atoms with Crippen LogP contribution in [0.3, 0.4) is 0 Å². The second-order valence-corrected chi connectivity index (χ2v) is 7.36. The van der Waals surface area contributed by atoms with Crippen molar-refractivity contribution < 1.29 is 9.53 Å². The molecule has 0 bridgehead atoms. The zero-order valence-corrected chi connectivity index (χ0v) is 14.1. The first-order chi connectivity index (χ1) is 9.26. The van der Waals surface area contributed by atoms with E-state index in [0.29, 0.717) is 5.92 Å². The maximum atomic E-state index is 12.0. The highest BCUT2D eigenvalue weighted by Gasteiger charge is 2.54. The highest BCUT2D eigenvalue weighted by atomic mass is 79.9. The highest BCUT2D eigenvalue weighted by Crippen LogP contribution is 2.53. The van der Waals surface area contributed by atoms with Crippen LogP contribution in [0.5, 0.6) is 0 Å². The van der Waals surface area contributed by atoms with Gasteiger partial charge in [0.1, 0.15) is 5.60 Å². The molecule has 0 unspecified atom stereocenters. The number of alkyl carbamates (subject to hydrolysis) is 1. The van der Waals surface area contributed by atoms with E-state index in [2.05, 4.69) is 40.3 Å². The van der Waals surface area contributed by atoms with Gasteiger partial charge in [0.15, 0.2) is 0 Å². The number of benzene rings is 1. The van der Waals surface area contributed by atoms with Crippen molar-refractivity contribution in [2.75, 3.05) is 0 Å². The van der Waals surface area contributed by atoms with Crippen molar-refractivity contribution in [1.82, 2.24) is 5.32 Å². The zero-order valence-electron chi connectivity index (χ0n) is 12.5. The fourth-order valence-electron chi connectivity index (χ4n) is 2.56. The molecule has 0 heterocycles. The average molecular weight is 340 g/mol. The van der Waals surface area contributed by atoms with Crippen LogP contribution in [0, 0.1) is 0 Å². The van der Waals surface area contributed by atoms with Crippen LogP contribution in [0.25, 0.3) is 0 Å². The topological polar surface area (TPSA) is 38.3 Å². The average Bonchev–Trinajstić information content (AvgIpc) is 3.02. The third-order valence-corrected chi connectivity index (χ3v) is 4.26. The predicted molar refractivity (Wildman–Crippen MR) is 83.9 cm³/mol. The van der Waals surface area contributed by atoms with Gasteiger partial charge in [0.05, 0.1) is 5.54 Å². The van der Waals surface area contributed by atoms with Crippen LogP contribution in [0.4, 0.5) is 4.79 Å². The Morgan fingerprint density at radius 1 is 1.40 bits per heavy atom. The number of hydrogen-bond acceptors (Lipinski definition) is 2. The number of ether oxygens (including phenoxy) is 1. The monoisotopic (exact) mass is 339 g/mol. The summed E-state index contributed by atoms with van der Waals surface area (Å²) in [4.78, 5) is 12.0. The first-order valence-corrected chi connectivity index (χ1v) is 7.82. The van der Waals surface area contributed by atoms with Crippen molar-refractivity contribution in [1.29, 1.82) is 0 Å². The van der Waals surface area contributed by atoms with Gasteiger partial charge in [0, 0.05) is 10.4 Å². The lowest BCUT2D eigenvalue weighted by Crippen LogP contribution is -2.41. The fourth-order valence-corrected chi connectivity index (χ4v) is 2.83. The summed E-state index contributed by atoms with van der Waals surface area (Å²) < 4.78 is 6.43. The van der Waals surface area contributed by atoms with Gasteiger partial charge in [-0.15, -0.1) is 0 Å². The maximum Gasteiger partial charge on any atom is 0.408 e. The van der Waals surface area contributed by atoms with E-state index in [9.17, 15) is 4.79 Å². The summed E-state index contributed by atoms with van der Waals surface area (Å²) >= 11 is 3.44. The molecule has 0 radical (unpaired) electrons. The first-order valence-electron chi connectivity index (χ1n) is 7.02. The molecule has 1 aliphatic rings. The van der Waals surface area contributed by atoms with Crippen molar-refractivity contribution in [2.24, 2.45) is 0 Å². The Balaban J connectivity index is 2.03. The molecule has 2 atom stereocenters.